The monoisotopic (exact) mass is 440 g/mol. The third-order valence-electron chi connectivity index (χ3n) is 5.97. The molecule has 31 heavy (non-hydrogen) atoms. The molecule has 0 amide bonds. The Hall–Kier alpha value is -2.49. The van der Waals surface area contributed by atoms with Gasteiger partial charge in [-0.3, -0.25) is 0 Å². The van der Waals surface area contributed by atoms with Gasteiger partial charge in [-0.15, -0.1) is 0 Å². The Kier molecular flexibility index (Phi) is 6.84. The number of fused-ring (bicyclic) bond motifs is 6. The predicted octanol–water partition coefficient (Wildman–Crippen LogP) is 2.82. The van der Waals surface area contributed by atoms with Crippen molar-refractivity contribution in [1.29, 1.82) is 0 Å². The number of hydrogen-bond acceptors (Lipinski definition) is 2. The molecule has 2 aliphatic rings. The van der Waals surface area contributed by atoms with Gasteiger partial charge < -0.3 is 10.2 Å². The summed E-state index contributed by atoms with van der Waals surface area (Å²) in [5, 5.41) is 16.5. The SMILES string of the molecule is C[O-].C[O-].c1ccc2c(c1)Cc1[c]([Ti+2][c]3cccc4c3Cc3ccccc3-4)cccc1-2. The van der Waals surface area contributed by atoms with Crippen molar-refractivity contribution in [2.75, 3.05) is 14.2 Å². The van der Waals surface area contributed by atoms with E-state index in [2.05, 4.69) is 84.9 Å². The maximum absolute atomic E-state index is 8.25. The van der Waals surface area contributed by atoms with E-state index in [4.69, 9.17) is 10.2 Å². The Morgan fingerprint density at radius 2 is 0.871 bits per heavy atom. The summed E-state index contributed by atoms with van der Waals surface area (Å²) in [5.41, 5.74) is 11.9. The Labute approximate surface area is 193 Å². The van der Waals surface area contributed by atoms with Gasteiger partial charge in [-0.1, -0.05) is 0 Å². The zero-order chi connectivity index (χ0) is 21.8. The third-order valence-corrected chi connectivity index (χ3v) is 8.28. The molecule has 0 fully saturated rings. The molecule has 152 valence electrons. The Morgan fingerprint density at radius 3 is 1.32 bits per heavy atom. The first-order valence-electron chi connectivity index (χ1n) is 10.4. The molecule has 0 spiro atoms. The Morgan fingerprint density at radius 1 is 0.484 bits per heavy atom. The minimum absolute atomic E-state index is 0.354. The first-order valence-corrected chi connectivity index (χ1v) is 11.9. The fourth-order valence-electron chi connectivity index (χ4n) is 4.69. The summed E-state index contributed by atoms with van der Waals surface area (Å²) in [6, 6.07) is 31.7. The van der Waals surface area contributed by atoms with Crippen molar-refractivity contribution in [3.63, 3.8) is 0 Å². The van der Waals surface area contributed by atoms with Crippen molar-refractivity contribution in [3.8, 4) is 22.3 Å². The van der Waals surface area contributed by atoms with Crippen LogP contribution in [-0.2, 0) is 32.0 Å². The van der Waals surface area contributed by atoms with E-state index >= 15 is 0 Å². The summed E-state index contributed by atoms with van der Waals surface area (Å²) >= 11 is -0.354. The quantitative estimate of drug-likeness (QED) is 0.389. The molecule has 0 heterocycles. The van der Waals surface area contributed by atoms with Gasteiger partial charge in [-0.2, -0.15) is 14.2 Å². The fourth-order valence-corrected chi connectivity index (χ4v) is 6.88. The van der Waals surface area contributed by atoms with Gasteiger partial charge in [0.2, 0.25) is 0 Å². The second-order valence-corrected chi connectivity index (χ2v) is 9.53. The molecule has 4 aromatic carbocycles. The van der Waals surface area contributed by atoms with Gasteiger partial charge in [0, 0.05) is 0 Å². The van der Waals surface area contributed by atoms with E-state index < -0.39 is 0 Å². The zero-order valence-electron chi connectivity index (χ0n) is 17.8. The van der Waals surface area contributed by atoms with Crippen molar-refractivity contribution in [2.45, 2.75) is 12.8 Å². The van der Waals surface area contributed by atoms with Gasteiger partial charge >= 0.3 is 169 Å². The topological polar surface area (TPSA) is 46.1 Å². The molecule has 0 aromatic heterocycles. The Bertz CT molecular complexity index is 1120. The van der Waals surface area contributed by atoms with Crippen LogP contribution in [0.15, 0.2) is 84.9 Å². The molecule has 0 unspecified atom stereocenters. The van der Waals surface area contributed by atoms with Crippen molar-refractivity contribution in [2.24, 2.45) is 0 Å². The minimum atomic E-state index is -0.354. The summed E-state index contributed by atoms with van der Waals surface area (Å²) in [7, 11) is 1.50. The Balaban J connectivity index is 0.000000549. The maximum atomic E-state index is 8.25. The fraction of sp³-hybridized carbons (Fsp3) is 0.143. The van der Waals surface area contributed by atoms with Crippen LogP contribution in [0.5, 0.6) is 0 Å². The molecular formula is C28H24O2Ti. The number of rotatable bonds is 2. The molecule has 2 nitrogen and oxygen atoms in total. The normalized spacial score (nSPS) is 11.5. The van der Waals surface area contributed by atoms with Gasteiger partial charge in [0.15, 0.2) is 0 Å². The van der Waals surface area contributed by atoms with Crippen molar-refractivity contribution in [3.05, 3.63) is 107 Å². The first-order chi connectivity index (χ1) is 15.4. The third kappa shape index (κ3) is 3.93. The van der Waals surface area contributed by atoms with E-state index in [1.54, 1.807) is 18.9 Å². The van der Waals surface area contributed by atoms with E-state index in [0.717, 1.165) is 27.1 Å². The molecule has 4 aromatic rings. The molecule has 3 heteroatoms. The summed E-state index contributed by atoms with van der Waals surface area (Å²) in [4.78, 5) is 0. The molecule has 0 atom stereocenters. The molecule has 0 radical (unpaired) electrons. The van der Waals surface area contributed by atoms with E-state index in [1.165, 1.54) is 33.4 Å². The standard InChI is InChI=1S/2C13H9.2CH3O.Ti/c2*1-3-7-12-10(5-1)9-11-6-2-4-8-13(11)12;2*1-2;/h2*1-5,7-8H,9H2;2*1H3;/q;;2*-1;+2. The molecular weight excluding hydrogens is 416 g/mol. The van der Waals surface area contributed by atoms with Crippen LogP contribution in [0.2, 0.25) is 0 Å². The van der Waals surface area contributed by atoms with Crippen molar-refractivity contribution in [1.82, 2.24) is 0 Å². The van der Waals surface area contributed by atoms with Gasteiger partial charge in [0.1, 0.15) is 0 Å². The van der Waals surface area contributed by atoms with Crippen LogP contribution in [0.1, 0.15) is 22.3 Å². The van der Waals surface area contributed by atoms with E-state index in [9.17, 15) is 0 Å². The van der Waals surface area contributed by atoms with Crippen molar-refractivity contribution < 1.29 is 29.4 Å². The summed E-state index contributed by atoms with van der Waals surface area (Å²) < 4.78 is 3.21. The average molecular weight is 440 g/mol. The van der Waals surface area contributed by atoms with Gasteiger partial charge in [0.05, 0.1) is 0 Å². The van der Waals surface area contributed by atoms with Gasteiger partial charge in [-0.25, -0.2) is 0 Å². The molecule has 6 rings (SSSR count). The number of hydrogen-bond donors (Lipinski definition) is 0. The molecule has 0 bridgehead atoms. The van der Waals surface area contributed by atoms with E-state index in [1.807, 2.05) is 0 Å². The zero-order valence-corrected chi connectivity index (χ0v) is 19.4. The van der Waals surface area contributed by atoms with Crippen LogP contribution in [-0.4, -0.2) is 14.2 Å². The second kappa shape index (κ2) is 9.76. The summed E-state index contributed by atoms with van der Waals surface area (Å²) in [5.74, 6) is 0. The summed E-state index contributed by atoms with van der Waals surface area (Å²) in [6.45, 7) is 0. The van der Waals surface area contributed by atoms with Crippen LogP contribution in [0.25, 0.3) is 22.3 Å². The van der Waals surface area contributed by atoms with E-state index in [-0.39, 0.29) is 19.2 Å². The van der Waals surface area contributed by atoms with E-state index in [0.29, 0.717) is 0 Å². The molecule has 2 aliphatic carbocycles. The van der Waals surface area contributed by atoms with Gasteiger partial charge in [-0.05, 0) is 0 Å². The molecule has 0 N–H and O–H groups in total. The first kappa shape index (κ1) is 21.7. The van der Waals surface area contributed by atoms with Crippen LogP contribution < -0.4 is 17.9 Å². The molecule has 0 aliphatic heterocycles. The second-order valence-electron chi connectivity index (χ2n) is 7.46. The number of benzene rings is 4. The van der Waals surface area contributed by atoms with Crippen molar-refractivity contribution >= 4 is 7.74 Å². The van der Waals surface area contributed by atoms with Crippen LogP contribution >= 0.6 is 0 Å². The van der Waals surface area contributed by atoms with Crippen LogP contribution in [0, 0.1) is 0 Å². The molecule has 0 saturated heterocycles. The summed E-state index contributed by atoms with van der Waals surface area (Å²) in [6.07, 6.45) is 2.20. The molecule has 0 saturated carbocycles. The predicted molar refractivity (Wildman–Crippen MR) is 120 cm³/mol. The van der Waals surface area contributed by atoms with Gasteiger partial charge in [0.25, 0.3) is 0 Å². The average Bonchev–Trinajstić information content (AvgIpc) is 3.42. The van der Waals surface area contributed by atoms with Crippen LogP contribution in [0.4, 0.5) is 0 Å². The van der Waals surface area contributed by atoms with Crippen LogP contribution in [0.3, 0.4) is 0 Å².